The summed E-state index contributed by atoms with van der Waals surface area (Å²) in [5.74, 6) is 1.02. The maximum absolute atomic E-state index is 5.95. The van der Waals surface area contributed by atoms with Gasteiger partial charge in [-0.1, -0.05) is 19.1 Å². The lowest BCUT2D eigenvalue weighted by Crippen LogP contribution is -2.54. The maximum Gasteiger partial charge on any atom is 0.142 e. The first-order chi connectivity index (χ1) is 7.77. The molecular formula is C13H18N2O. The number of ether oxygens (including phenoxy) is 1. The van der Waals surface area contributed by atoms with Gasteiger partial charge in [0.1, 0.15) is 5.75 Å². The summed E-state index contributed by atoms with van der Waals surface area (Å²) < 4.78 is 5.95. The molecule has 0 aliphatic carbocycles. The first kappa shape index (κ1) is 9.97. The number of fused-ring (bicyclic) bond motifs is 1. The average Bonchev–Trinajstić information content (AvgIpc) is 2.72. The average molecular weight is 218 g/mol. The predicted octanol–water partition coefficient (Wildman–Crippen LogP) is 1.64. The summed E-state index contributed by atoms with van der Waals surface area (Å²) in [7, 11) is 0. The zero-order valence-corrected chi connectivity index (χ0v) is 9.68. The van der Waals surface area contributed by atoms with Crippen molar-refractivity contribution >= 4 is 5.69 Å². The van der Waals surface area contributed by atoms with E-state index in [9.17, 15) is 0 Å². The fourth-order valence-corrected chi connectivity index (χ4v) is 2.33. The first-order valence-electron chi connectivity index (χ1n) is 5.96. The molecule has 1 aromatic carbocycles. The first-order valence-corrected chi connectivity index (χ1v) is 5.96. The highest BCUT2D eigenvalue weighted by molar-refractivity contribution is 5.65. The van der Waals surface area contributed by atoms with Crippen LogP contribution in [0.4, 0.5) is 5.69 Å². The second-order valence-electron chi connectivity index (χ2n) is 5.17. The molecule has 1 fully saturated rings. The van der Waals surface area contributed by atoms with Crippen LogP contribution in [-0.2, 0) is 6.42 Å². The van der Waals surface area contributed by atoms with Crippen LogP contribution in [0.15, 0.2) is 18.2 Å². The Morgan fingerprint density at radius 2 is 2.25 bits per heavy atom. The summed E-state index contributed by atoms with van der Waals surface area (Å²) in [5.41, 5.74) is 2.91. The van der Waals surface area contributed by atoms with E-state index < -0.39 is 0 Å². The number of benzene rings is 1. The van der Waals surface area contributed by atoms with Crippen molar-refractivity contribution < 1.29 is 4.74 Å². The van der Waals surface area contributed by atoms with Crippen LogP contribution in [0.2, 0.25) is 0 Å². The Morgan fingerprint density at radius 1 is 1.38 bits per heavy atom. The van der Waals surface area contributed by atoms with Crippen molar-refractivity contribution in [2.45, 2.75) is 13.3 Å². The normalized spacial score (nSPS) is 20.8. The van der Waals surface area contributed by atoms with E-state index >= 15 is 0 Å². The van der Waals surface area contributed by atoms with Crippen LogP contribution in [0.1, 0.15) is 12.5 Å². The third kappa shape index (κ3) is 1.65. The van der Waals surface area contributed by atoms with Gasteiger partial charge < -0.3 is 15.4 Å². The Hall–Kier alpha value is -1.22. The van der Waals surface area contributed by atoms with Crippen molar-refractivity contribution in [1.82, 2.24) is 5.32 Å². The summed E-state index contributed by atoms with van der Waals surface area (Å²) in [6.07, 6.45) is 1.12. The van der Waals surface area contributed by atoms with Crippen LogP contribution in [-0.4, -0.2) is 26.2 Å². The zero-order valence-electron chi connectivity index (χ0n) is 9.68. The van der Waals surface area contributed by atoms with Crippen LogP contribution in [0, 0.1) is 5.41 Å². The van der Waals surface area contributed by atoms with Crippen LogP contribution in [0.5, 0.6) is 5.75 Å². The Bertz CT molecular complexity index is 399. The molecule has 2 aliphatic rings. The van der Waals surface area contributed by atoms with Crippen LogP contribution < -0.4 is 15.4 Å². The predicted molar refractivity (Wildman–Crippen MR) is 65.1 cm³/mol. The van der Waals surface area contributed by atoms with Crippen LogP contribution in [0.25, 0.3) is 0 Å². The molecule has 0 amide bonds. The highest BCUT2D eigenvalue weighted by atomic mass is 16.5. The number of para-hydroxylation sites is 1. The monoisotopic (exact) mass is 218 g/mol. The molecule has 0 unspecified atom stereocenters. The van der Waals surface area contributed by atoms with E-state index in [4.69, 9.17) is 4.74 Å². The maximum atomic E-state index is 5.95. The molecule has 3 heteroatoms. The minimum atomic E-state index is 0.321. The molecule has 86 valence electrons. The highest BCUT2D eigenvalue weighted by Crippen LogP contribution is 2.34. The second-order valence-corrected chi connectivity index (χ2v) is 5.17. The summed E-state index contributed by atoms with van der Waals surface area (Å²) >= 11 is 0. The summed E-state index contributed by atoms with van der Waals surface area (Å²) in [6.45, 7) is 6.23. The van der Waals surface area contributed by atoms with Gasteiger partial charge in [0, 0.05) is 25.0 Å². The number of hydrogen-bond donors (Lipinski definition) is 2. The largest absolute Gasteiger partial charge is 0.491 e. The number of hydrogen-bond acceptors (Lipinski definition) is 3. The summed E-state index contributed by atoms with van der Waals surface area (Å²) in [4.78, 5) is 0. The van der Waals surface area contributed by atoms with Gasteiger partial charge in [-0.15, -0.1) is 0 Å². The van der Waals surface area contributed by atoms with Crippen molar-refractivity contribution in [3.05, 3.63) is 23.8 Å². The lowest BCUT2D eigenvalue weighted by molar-refractivity contribution is 0.102. The van der Waals surface area contributed by atoms with Gasteiger partial charge in [0.2, 0.25) is 0 Å². The SMILES string of the molecule is CC1(COc2cccc3c2NCC3)CNC1. The molecule has 2 aliphatic heterocycles. The van der Waals surface area contributed by atoms with E-state index in [1.807, 2.05) is 0 Å². The molecule has 3 rings (SSSR count). The molecule has 0 bridgehead atoms. The third-order valence-electron chi connectivity index (χ3n) is 3.49. The molecule has 0 spiro atoms. The van der Waals surface area contributed by atoms with Gasteiger partial charge in [-0.2, -0.15) is 0 Å². The minimum Gasteiger partial charge on any atom is -0.491 e. The Labute approximate surface area is 96.2 Å². The van der Waals surface area contributed by atoms with Crippen molar-refractivity contribution in [1.29, 1.82) is 0 Å². The minimum absolute atomic E-state index is 0.321. The lowest BCUT2D eigenvalue weighted by atomic mass is 9.85. The highest BCUT2D eigenvalue weighted by Gasteiger charge is 2.32. The molecule has 1 aromatic rings. The molecule has 2 N–H and O–H groups in total. The van der Waals surface area contributed by atoms with Crippen LogP contribution >= 0.6 is 0 Å². The van der Waals surface area contributed by atoms with E-state index in [2.05, 4.69) is 35.8 Å². The van der Waals surface area contributed by atoms with Gasteiger partial charge in [-0.05, 0) is 18.1 Å². The van der Waals surface area contributed by atoms with E-state index in [0.717, 1.165) is 38.4 Å². The Morgan fingerprint density at radius 3 is 3.00 bits per heavy atom. The van der Waals surface area contributed by atoms with E-state index in [1.165, 1.54) is 11.3 Å². The van der Waals surface area contributed by atoms with Crippen molar-refractivity contribution in [3.8, 4) is 5.75 Å². The van der Waals surface area contributed by atoms with Gasteiger partial charge >= 0.3 is 0 Å². The van der Waals surface area contributed by atoms with Crippen molar-refractivity contribution in [2.75, 3.05) is 31.6 Å². The molecule has 3 nitrogen and oxygen atoms in total. The molecule has 2 heterocycles. The van der Waals surface area contributed by atoms with Gasteiger partial charge in [0.15, 0.2) is 0 Å². The number of rotatable bonds is 3. The van der Waals surface area contributed by atoms with Gasteiger partial charge in [-0.3, -0.25) is 0 Å². The van der Waals surface area contributed by atoms with Gasteiger partial charge in [0.25, 0.3) is 0 Å². The number of anilines is 1. The van der Waals surface area contributed by atoms with Crippen molar-refractivity contribution in [2.24, 2.45) is 5.41 Å². The van der Waals surface area contributed by atoms with Crippen LogP contribution in [0.3, 0.4) is 0 Å². The second kappa shape index (κ2) is 3.67. The lowest BCUT2D eigenvalue weighted by Gasteiger charge is -2.38. The van der Waals surface area contributed by atoms with E-state index in [-0.39, 0.29) is 0 Å². The topological polar surface area (TPSA) is 33.3 Å². The molecule has 0 saturated carbocycles. The van der Waals surface area contributed by atoms with E-state index in [0.29, 0.717) is 5.41 Å². The van der Waals surface area contributed by atoms with Crippen molar-refractivity contribution in [3.63, 3.8) is 0 Å². The number of nitrogens with one attached hydrogen (secondary N) is 2. The Kier molecular flexibility index (Phi) is 2.28. The standard InChI is InChI=1S/C13H18N2O/c1-13(7-14-8-13)9-16-11-4-2-3-10-5-6-15-12(10)11/h2-4,14-15H,5-9H2,1H3. The molecular weight excluding hydrogens is 200 g/mol. The summed E-state index contributed by atoms with van der Waals surface area (Å²) in [5, 5.41) is 6.70. The van der Waals surface area contributed by atoms with Gasteiger partial charge in [0.05, 0.1) is 12.3 Å². The molecule has 16 heavy (non-hydrogen) atoms. The molecule has 0 atom stereocenters. The Balaban J connectivity index is 1.72. The summed E-state index contributed by atoms with van der Waals surface area (Å²) in [6, 6.07) is 6.32. The zero-order chi connectivity index (χ0) is 11.0. The quantitative estimate of drug-likeness (QED) is 0.809. The molecule has 0 aromatic heterocycles. The third-order valence-corrected chi connectivity index (χ3v) is 3.49. The fourth-order valence-electron chi connectivity index (χ4n) is 2.33. The van der Waals surface area contributed by atoms with E-state index in [1.54, 1.807) is 0 Å². The molecule has 1 saturated heterocycles. The van der Waals surface area contributed by atoms with Gasteiger partial charge in [-0.25, -0.2) is 0 Å². The fraction of sp³-hybridized carbons (Fsp3) is 0.538. The molecule has 0 radical (unpaired) electrons. The smallest absolute Gasteiger partial charge is 0.142 e.